The first-order chi connectivity index (χ1) is 14.3. The van der Waals surface area contributed by atoms with Crippen LogP contribution in [0.2, 0.25) is 5.02 Å². The zero-order valence-corrected chi connectivity index (χ0v) is 18.8. The maximum absolute atomic E-state index is 13.1. The highest BCUT2D eigenvalue weighted by atomic mass is 79.9. The second-order valence-electron chi connectivity index (χ2n) is 6.75. The van der Waals surface area contributed by atoms with Crippen molar-refractivity contribution in [2.24, 2.45) is 10.8 Å². The quantitative estimate of drug-likeness (QED) is 0.504. The number of primary amides is 1. The Labute approximate surface area is 186 Å². The number of aromatic nitrogens is 2. The molecule has 156 valence electrons. The van der Waals surface area contributed by atoms with Gasteiger partial charge in [-0.05, 0) is 48.4 Å². The van der Waals surface area contributed by atoms with E-state index in [0.717, 1.165) is 10.9 Å². The molecule has 9 heteroatoms. The standard InChI is InChI=1S/C21H20BrClN4O3/c1-3-12(2)20-26-17-6-5-14(22)9-15(17)21(29)27(20)25-10-13-4-7-18(16(23)8-13)30-11-19(24)28/h4-10,12H,3,11H2,1-2H3,(H2,24,28)/t12-/m0/s1. The molecule has 0 unspecified atom stereocenters. The molecule has 3 aromatic rings. The molecular weight excluding hydrogens is 472 g/mol. The van der Waals surface area contributed by atoms with E-state index >= 15 is 0 Å². The lowest BCUT2D eigenvalue weighted by Gasteiger charge is -2.14. The van der Waals surface area contributed by atoms with Gasteiger partial charge in [0, 0.05) is 10.4 Å². The molecule has 1 aromatic heterocycles. The van der Waals surface area contributed by atoms with E-state index in [1.807, 2.05) is 26.0 Å². The minimum atomic E-state index is -0.593. The molecule has 2 aromatic carbocycles. The highest BCUT2D eigenvalue weighted by Gasteiger charge is 2.15. The summed E-state index contributed by atoms with van der Waals surface area (Å²) in [6.45, 7) is 3.76. The molecule has 1 atom stereocenters. The molecule has 0 fully saturated rings. The van der Waals surface area contributed by atoms with Gasteiger partial charge in [0.05, 0.1) is 22.1 Å². The van der Waals surface area contributed by atoms with Crippen LogP contribution in [0.3, 0.4) is 0 Å². The number of hydrogen-bond acceptors (Lipinski definition) is 5. The summed E-state index contributed by atoms with van der Waals surface area (Å²) in [6.07, 6.45) is 2.34. The molecule has 0 aliphatic carbocycles. The lowest BCUT2D eigenvalue weighted by Crippen LogP contribution is -2.23. The average molecular weight is 492 g/mol. The van der Waals surface area contributed by atoms with Crippen molar-refractivity contribution in [2.75, 3.05) is 6.61 Å². The molecule has 0 aliphatic heterocycles. The number of carbonyl (C=O) groups is 1. The third-order valence-corrected chi connectivity index (χ3v) is 5.32. The molecule has 0 aliphatic rings. The molecular formula is C21H20BrClN4O3. The van der Waals surface area contributed by atoms with Crippen LogP contribution >= 0.6 is 27.5 Å². The zero-order valence-electron chi connectivity index (χ0n) is 16.4. The Morgan fingerprint density at radius 2 is 2.13 bits per heavy atom. The highest BCUT2D eigenvalue weighted by Crippen LogP contribution is 2.25. The molecule has 0 radical (unpaired) electrons. The number of fused-ring (bicyclic) bond motifs is 1. The fraction of sp³-hybridized carbons (Fsp3) is 0.238. The van der Waals surface area contributed by atoms with Crippen molar-refractivity contribution >= 4 is 50.6 Å². The average Bonchev–Trinajstić information content (AvgIpc) is 2.72. The van der Waals surface area contributed by atoms with E-state index in [2.05, 4.69) is 26.0 Å². The number of hydrogen-bond donors (Lipinski definition) is 1. The van der Waals surface area contributed by atoms with E-state index in [4.69, 9.17) is 22.1 Å². The van der Waals surface area contributed by atoms with Gasteiger partial charge in [-0.15, -0.1) is 0 Å². The van der Waals surface area contributed by atoms with E-state index < -0.39 is 5.91 Å². The fourth-order valence-corrected chi connectivity index (χ4v) is 3.37. The Morgan fingerprint density at radius 3 is 2.80 bits per heavy atom. The van der Waals surface area contributed by atoms with Crippen LogP contribution in [0.15, 0.2) is 50.8 Å². The van der Waals surface area contributed by atoms with Crippen LogP contribution < -0.4 is 16.0 Å². The predicted octanol–water partition coefficient (Wildman–Crippen LogP) is 4.07. The molecule has 30 heavy (non-hydrogen) atoms. The lowest BCUT2D eigenvalue weighted by atomic mass is 10.1. The van der Waals surface area contributed by atoms with Crippen LogP contribution in [0.25, 0.3) is 10.9 Å². The molecule has 0 bridgehead atoms. The zero-order chi connectivity index (χ0) is 21.8. The largest absolute Gasteiger partial charge is 0.482 e. The van der Waals surface area contributed by atoms with Crippen LogP contribution in [-0.2, 0) is 4.79 Å². The number of halogens is 2. The number of amides is 1. The van der Waals surface area contributed by atoms with Crippen molar-refractivity contribution < 1.29 is 9.53 Å². The van der Waals surface area contributed by atoms with Crippen molar-refractivity contribution in [3.05, 3.63) is 67.6 Å². The lowest BCUT2D eigenvalue weighted by molar-refractivity contribution is -0.119. The maximum atomic E-state index is 13.1. The predicted molar refractivity (Wildman–Crippen MR) is 122 cm³/mol. The summed E-state index contributed by atoms with van der Waals surface area (Å²) in [5, 5.41) is 5.17. The highest BCUT2D eigenvalue weighted by molar-refractivity contribution is 9.10. The van der Waals surface area contributed by atoms with Gasteiger partial charge in [0.1, 0.15) is 11.6 Å². The van der Waals surface area contributed by atoms with E-state index in [1.54, 1.807) is 24.3 Å². The summed E-state index contributed by atoms with van der Waals surface area (Å²) < 4.78 is 7.36. The van der Waals surface area contributed by atoms with Crippen LogP contribution in [0, 0.1) is 0 Å². The van der Waals surface area contributed by atoms with Crippen molar-refractivity contribution in [1.29, 1.82) is 0 Å². The number of rotatable bonds is 7. The Balaban J connectivity index is 2.02. The van der Waals surface area contributed by atoms with Crippen LogP contribution in [-0.4, -0.2) is 28.4 Å². The molecule has 7 nitrogen and oxygen atoms in total. The number of carbonyl (C=O) groups excluding carboxylic acids is 1. The molecule has 1 heterocycles. The second kappa shape index (κ2) is 9.40. The third-order valence-electron chi connectivity index (χ3n) is 4.53. The molecule has 3 rings (SSSR count). The van der Waals surface area contributed by atoms with Gasteiger partial charge in [-0.25, -0.2) is 4.98 Å². The molecule has 0 saturated carbocycles. The van der Waals surface area contributed by atoms with Gasteiger partial charge in [-0.1, -0.05) is 41.4 Å². The smallest absolute Gasteiger partial charge is 0.282 e. The van der Waals surface area contributed by atoms with Crippen molar-refractivity contribution in [3.8, 4) is 5.75 Å². The molecule has 2 N–H and O–H groups in total. The van der Waals surface area contributed by atoms with Gasteiger partial charge >= 0.3 is 0 Å². The number of nitrogens with two attached hydrogens (primary N) is 1. The summed E-state index contributed by atoms with van der Waals surface area (Å²) in [7, 11) is 0. The second-order valence-corrected chi connectivity index (χ2v) is 8.07. The first-order valence-corrected chi connectivity index (χ1v) is 10.4. The normalized spacial score (nSPS) is 12.4. The van der Waals surface area contributed by atoms with Crippen molar-refractivity contribution in [1.82, 2.24) is 9.66 Å². The summed E-state index contributed by atoms with van der Waals surface area (Å²) in [5.41, 5.74) is 6.11. The number of ether oxygens (including phenoxy) is 1. The Morgan fingerprint density at radius 1 is 1.37 bits per heavy atom. The first-order valence-electron chi connectivity index (χ1n) is 9.27. The Kier molecular flexibility index (Phi) is 6.89. The van der Waals surface area contributed by atoms with E-state index in [0.29, 0.717) is 33.1 Å². The number of nitrogens with zero attached hydrogens (tertiary/aromatic N) is 3. The molecule has 0 spiro atoms. The van der Waals surface area contributed by atoms with Crippen molar-refractivity contribution in [2.45, 2.75) is 26.2 Å². The SMILES string of the molecule is CC[C@H](C)c1nc2ccc(Br)cc2c(=O)n1N=Cc1ccc(OCC(N)=O)c(Cl)c1. The molecule has 0 saturated heterocycles. The Hall–Kier alpha value is -2.71. The van der Waals surface area contributed by atoms with E-state index in [9.17, 15) is 9.59 Å². The topological polar surface area (TPSA) is 99.6 Å². The van der Waals surface area contributed by atoms with Crippen LogP contribution in [0.4, 0.5) is 0 Å². The number of benzene rings is 2. The fourth-order valence-electron chi connectivity index (χ4n) is 2.77. The minimum Gasteiger partial charge on any atom is -0.482 e. The monoisotopic (exact) mass is 490 g/mol. The van der Waals surface area contributed by atoms with Gasteiger partial charge in [0.25, 0.3) is 11.5 Å². The molecule has 1 amide bonds. The van der Waals surface area contributed by atoms with E-state index in [-0.39, 0.29) is 18.1 Å². The van der Waals surface area contributed by atoms with Crippen LogP contribution in [0.1, 0.15) is 37.6 Å². The Bertz CT molecular complexity index is 1190. The summed E-state index contributed by atoms with van der Waals surface area (Å²) >= 11 is 9.60. The summed E-state index contributed by atoms with van der Waals surface area (Å²) in [6, 6.07) is 10.3. The van der Waals surface area contributed by atoms with Crippen molar-refractivity contribution in [3.63, 3.8) is 0 Å². The first kappa shape index (κ1) is 22.0. The van der Waals surface area contributed by atoms with E-state index in [1.165, 1.54) is 10.9 Å². The van der Waals surface area contributed by atoms with Crippen LogP contribution in [0.5, 0.6) is 5.75 Å². The third kappa shape index (κ3) is 4.88. The van der Waals surface area contributed by atoms with Gasteiger partial charge < -0.3 is 10.5 Å². The maximum Gasteiger partial charge on any atom is 0.282 e. The van der Waals surface area contributed by atoms with Gasteiger partial charge in [-0.2, -0.15) is 9.78 Å². The van der Waals surface area contributed by atoms with Gasteiger partial charge in [-0.3, -0.25) is 9.59 Å². The minimum absolute atomic E-state index is 0.0380. The van der Waals surface area contributed by atoms with Gasteiger partial charge in [0.15, 0.2) is 6.61 Å². The summed E-state index contributed by atoms with van der Waals surface area (Å²) in [5.74, 6) is 0.364. The van der Waals surface area contributed by atoms with Gasteiger partial charge in [0.2, 0.25) is 0 Å². The summed E-state index contributed by atoms with van der Waals surface area (Å²) in [4.78, 5) is 28.6.